The highest BCUT2D eigenvalue weighted by atomic mass is 28.4. The van der Waals surface area contributed by atoms with E-state index < -0.39 is 8.56 Å². The maximum absolute atomic E-state index is 6.36. The van der Waals surface area contributed by atoms with Gasteiger partial charge in [0, 0.05) is 19.2 Å². The summed E-state index contributed by atoms with van der Waals surface area (Å²) >= 11 is 0. The zero-order valence-electron chi connectivity index (χ0n) is 13.4. The molecule has 0 saturated heterocycles. The van der Waals surface area contributed by atoms with E-state index in [2.05, 4.69) is 13.8 Å². The molecule has 114 valence electrons. The van der Waals surface area contributed by atoms with Gasteiger partial charge in [0.2, 0.25) is 0 Å². The highest BCUT2D eigenvalue weighted by Crippen LogP contribution is 2.27. The largest absolute Gasteiger partial charge is 0.520 e. The van der Waals surface area contributed by atoms with Crippen molar-refractivity contribution in [1.29, 1.82) is 0 Å². The SMILES string of the molecule is CCCCC[Si](CCCCC)(OC)Oc1ccccc1. The molecule has 0 aromatic heterocycles. The summed E-state index contributed by atoms with van der Waals surface area (Å²) in [5.74, 6) is 0.967. The summed E-state index contributed by atoms with van der Waals surface area (Å²) < 4.78 is 12.3. The number of hydrogen-bond donors (Lipinski definition) is 0. The smallest absolute Gasteiger partial charge is 0.398 e. The van der Waals surface area contributed by atoms with Gasteiger partial charge in [-0.3, -0.25) is 0 Å². The molecule has 1 rings (SSSR count). The van der Waals surface area contributed by atoms with Gasteiger partial charge in [-0.1, -0.05) is 70.6 Å². The molecule has 3 heteroatoms. The van der Waals surface area contributed by atoms with Gasteiger partial charge in [-0.2, -0.15) is 0 Å². The number of unbranched alkanes of at least 4 members (excludes halogenated alkanes) is 4. The van der Waals surface area contributed by atoms with E-state index in [4.69, 9.17) is 8.85 Å². The van der Waals surface area contributed by atoms with Gasteiger partial charge >= 0.3 is 8.56 Å². The molecule has 0 aliphatic carbocycles. The van der Waals surface area contributed by atoms with Crippen LogP contribution < -0.4 is 4.43 Å². The number of rotatable bonds is 11. The molecule has 0 heterocycles. The fourth-order valence-electron chi connectivity index (χ4n) is 2.46. The summed E-state index contributed by atoms with van der Waals surface area (Å²) in [6.45, 7) is 4.48. The van der Waals surface area contributed by atoms with E-state index in [1.165, 1.54) is 38.5 Å². The zero-order chi connectivity index (χ0) is 14.7. The third kappa shape index (κ3) is 6.10. The molecule has 0 saturated carbocycles. The van der Waals surface area contributed by atoms with Gasteiger partial charge in [0.25, 0.3) is 0 Å². The molecule has 1 aromatic carbocycles. The summed E-state index contributed by atoms with van der Waals surface area (Å²) in [5.41, 5.74) is 0. The second kappa shape index (κ2) is 10.0. The fourth-order valence-corrected chi connectivity index (χ4v) is 5.55. The Kier molecular flexibility index (Phi) is 8.63. The molecular formula is C17H30O2Si. The van der Waals surface area contributed by atoms with Gasteiger partial charge in [0.05, 0.1) is 0 Å². The molecule has 1 aromatic rings. The van der Waals surface area contributed by atoms with Gasteiger partial charge in [-0.25, -0.2) is 0 Å². The Morgan fingerprint density at radius 1 is 0.850 bits per heavy atom. The van der Waals surface area contributed by atoms with Crippen molar-refractivity contribution in [2.75, 3.05) is 7.11 Å². The Morgan fingerprint density at radius 2 is 1.40 bits per heavy atom. The molecule has 0 aliphatic rings. The molecule has 0 bridgehead atoms. The highest BCUT2D eigenvalue weighted by Gasteiger charge is 2.37. The highest BCUT2D eigenvalue weighted by molar-refractivity contribution is 6.68. The summed E-state index contributed by atoms with van der Waals surface area (Å²) in [5, 5.41) is 0. The summed E-state index contributed by atoms with van der Waals surface area (Å²) in [4.78, 5) is 0. The minimum Gasteiger partial charge on any atom is -0.520 e. The molecule has 2 nitrogen and oxygen atoms in total. The predicted molar refractivity (Wildman–Crippen MR) is 88.5 cm³/mol. The molecule has 0 atom stereocenters. The molecule has 0 aliphatic heterocycles. The van der Waals surface area contributed by atoms with E-state index in [0.29, 0.717) is 0 Å². The van der Waals surface area contributed by atoms with Crippen molar-refractivity contribution in [1.82, 2.24) is 0 Å². The summed E-state index contributed by atoms with van der Waals surface area (Å²) in [7, 11) is -0.244. The molecular weight excluding hydrogens is 264 g/mol. The number of hydrogen-bond acceptors (Lipinski definition) is 2. The Balaban J connectivity index is 2.68. The minimum atomic E-state index is -2.08. The van der Waals surface area contributed by atoms with Crippen molar-refractivity contribution in [3.8, 4) is 5.75 Å². The maximum Gasteiger partial charge on any atom is 0.398 e. The van der Waals surface area contributed by atoms with Crippen LogP contribution in [0.25, 0.3) is 0 Å². The van der Waals surface area contributed by atoms with Crippen LogP contribution in [0.4, 0.5) is 0 Å². The monoisotopic (exact) mass is 294 g/mol. The van der Waals surface area contributed by atoms with Crippen molar-refractivity contribution >= 4 is 8.56 Å². The average molecular weight is 295 g/mol. The van der Waals surface area contributed by atoms with Crippen molar-refractivity contribution in [3.05, 3.63) is 30.3 Å². The van der Waals surface area contributed by atoms with Crippen LogP contribution in [0, 0.1) is 0 Å². The lowest BCUT2D eigenvalue weighted by Crippen LogP contribution is -2.44. The van der Waals surface area contributed by atoms with Crippen LogP contribution in [0.5, 0.6) is 5.75 Å². The van der Waals surface area contributed by atoms with E-state index in [-0.39, 0.29) is 0 Å². The average Bonchev–Trinajstić information content (AvgIpc) is 2.48. The Labute approximate surface area is 125 Å². The first-order chi connectivity index (χ1) is 9.76. The molecule has 20 heavy (non-hydrogen) atoms. The van der Waals surface area contributed by atoms with Crippen LogP contribution in [0.2, 0.25) is 12.1 Å². The number of benzene rings is 1. The second-order valence-electron chi connectivity index (χ2n) is 5.44. The van der Waals surface area contributed by atoms with Crippen molar-refractivity contribution in [2.24, 2.45) is 0 Å². The van der Waals surface area contributed by atoms with E-state index in [9.17, 15) is 0 Å². The molecule has 0 N–H and O–H groups in total. The second-order valence-corrected chi connectivity index (χ2v) is 8.88. The van der Waals surface area contributed by atoms with Gasteiger partial charge in [0.1, 0.15) is 5.75 Å². The fraction of sp³-hybridized carbons (Fsp3) is 0.647. The minimum absolute atomic E-state index is 0.967. The Bertz CT molecular complexity index is 330. The molecule has 0 unspecified atom stereocenters. The maximum atomic E-state index is 6.36. The first-order valence-electron chi connectivity index (χ1n) is 8.05. The van der Waals surface area contributed by atoms with Crippen molar-refractivity contribution in [2.45, 2.75) is 64.5 Å². The molecule has 0 fully saturated rings. The van der Waals surface area contributed by atoms with Gasteiger partial charge in [-0.05, 0) is 12.1 Å². The van der Waals surface area contributed by atoms with Crippen LogP contribution in [0.15, 0.2) is 30.3 Å². The third-order valence-corrected chi connectivity index (χ3v) is 7.32. The van der Waals surface area contributed by atoms with Gasteiger partial charge in [-0.15, -0.1) is 0 Å². The van der Waals surface area contributed by atoms with Crippen LogP contribution in [-0.4, -0.2) is 15.7 Å². The number of para-hydroxylation sites is 1. The molecule has 0 spiro atoms. The van der Waals surface area contributed by atoms with Gasteiger partial charge in [0.15, 0.2) is 0 Å². The molecule has 0 amide bonds. The van der Waals surface area contributed by atoms with Crippen LogP contribution in [0.1, 0.15) is 52.4 Å². The third-order valence-electron chi connectivity index (χ3n) is 3.74. The van der Waals surface area contributed by atoms with E-state index in [1.807, 2.05) is 37.4 Å². The quantitative estimate of drug-likeness (QED) is 0.394. The normalized spacial score (nSPS) is 11.6. The standard InChI is InChI=1S/C17H30O2Si/c1-4-6-11-15-20(18-3,16-12-7-5-2)19-17-13-9-8-10-14-17/h8-10,13-14H,4-7,11-12,15-16H2,1-3H3. The van der Waals surface area contributed by atoms with Crippen LogP contribution in [-0.2, 0) is 4.43 Å². The zero-order valence-corrected chi connectivity index (χ0v) is 14.4. The van der Waals surface area contributed by atoms with Crippen molar-refractivity contribution < 1.29 is 8.85 Å². The van der Waals surface area contributed by atoms with E-state index in [0.717, 1.165) is 17.8 Å². The Morgan fingerprint density at radius 3 is 1.85 bits per heavy atom. The van der Waals surface area contributed by atoms with Crippen molar-refractivity contribution in [3.63, 3.8) is 0 Å². The van der Waals surface area contributed by atoms with Gasteiger partial charge < -0.3 is 8.85 Å². The lowest BCUT2D eigenvalue weighted by atomic mass is 10.3. The predicted octanol–water partition coefficient (Wildman–Crippen LogP) is 5.53. The van der Waals surface area contributed by atoms with Crippen LogP contribution >= 0.6 is 0 Å². The topological polar surface area (TPSA) is 18.5 Å². The lowest BCUT2D eigenvalue weighted by molar-refractivity contribution is 0.292. The lowest BCUT2D eigenvalue weighted by Gasteiger charge is -2.30. The van der Waals surface area contributed by atoms with E-state index in [1.54, 1.807) is 0 Å². The first-order valence-corrected chi connectivity index (χ1v) is 10.3. The summed E-state index contributed by atoms with van der Waals surface area (Å²) in [6, 6.07) is 12.4. The Hall–Kier alpha value is -0.803. The van der Waals surface area contributed by atoms with E-state index >= 15 is 0 Å². The van der Waals surface area contributed by atoms with Crippen LogP contribution in [0.3, 0.4) is 0 Å². The molecule has 0 radical (unpaired) electrons. The first kappa shape index (κ1) is 17.2. The summed E-state index contributed by atoms with van der Waals surface area (Å²) in [6.07, 6.45) is 7.46.